The molecule has 5 heteroatoms. The van der Waals surface area contributed by atoms with E-state index in [4.69, 9.17) is 9.84 Å². The molecule has 0 amide bonds. The first-order chi connectivity index (χ1) is 9.22. The summed E-state index contributed by atoms with van der Waals surface area (Å²) in [5, 5.41) is 8.93. The number of ether oxygens (including phenoxy) is 1. The van der Waals surface area contributed by atoms with Crippen molar-refractivity contribution in [2.45, 2.75) is 50.4 Å². The van der Waals surface area contributed by atoms with E-state index in [1.54, 1.807) is 0 Å². The molecule has 3 rings (SSSR count). The Morgan fingerprint density at radius 2 is 1.95 bits per heavy atom. The third-order valence-electron chi connectivity index (χ3n) is 4.75. The molecule has 0 aromatic rings. The van der Waals surface area contributed by atoms with Gasteiger partial charge in [-0.25, -0.2) is 4.79 Å². The minimum Gasteiger partial charge on any atom is -0.479 e. The zero-order valence-electron chi connectivity index (χ0n) is 11.5. The van der Waals surface area contributed by atoms with E-state index in [1.807, 2.05) is 0 Å². The first-order valence-electron chi connectivity index (χ1n) is 7.57. The van der Waals surface area contributed by atoms with Gasteiger partial charge in [0, 0.05) is 19.1 Å². The summed E-state index contributed by atoms with van der Waals surface area (Å²) in [7, 11) is 0. The van der Waals surface area contributed by atoms with Gasteiger partial charge in [-0.05, 0) is 51.7 Å². The predicted molar refractivity (Wildman–Crippen MR) is 71.2 cm³/mol. The van der Waals surface area contributed by atoms with Crippen LogP contribution in [0, 0.1) is 0 Å². The van der Waals surface area contributed by atoms with E-state index in [9.17, 15) is 4.79 Å². The summed E-state index contributed by atoms with van der Waals surface area (Å²) in [5.41, 5.74) is 0. The molecule has 19 heavy (non-hydrogen) atoms. The minimum absolute atomic E-state index is 0.124. The zero-order chi connectivity index (χ0) is 13.2. The Labute approximate surface area is 114 Å². The molecule has 3 heterocycles. The van der Waals surface area contributed by atoms with Crippen LogP contribution in [0.1, 0.15) is 32.1 Å². The normalized spacial score (nSPS) is 37.2. The van der Waals surface area contributed by atoms with Crippen LogP contribution in [0.4, 0.5) is 0 Å². The second-order valence-electron chi connectivity index (χ2n) is 6.11. The largest absolute Gasteiger partial charge is 0.479 e. The van der Waals surface area contributed by atoms with E-state index in [0.717, 1.165) is 32.1 Å². The molecule has 108 valence electrons. The van der Waals surface area contributed by atoms with Gasteiger partial charge in [0.15, 0.2) is 6.10 Å². The predicted octanol–water partition coefficient (Wildman–Crippen LogP) is 0.789. The average Bonchev–Trinajstić information content (AvgIpc) is 3.09. The van der Waals surface area contributed by atoms with Crippen molar-refractivity contribution in [1.82, 2.24) is 9.80 Å². The number of aliphatic carboxylic acids is 1. The summed E-state index contributed by atoms with van der Waals surface area (Å²) in [4.78, 5) is 15.9. The van der Waals surface area contributed by atoms with Crippen molar-refractivity contribution < 1.29 is 14.6 Å². The molecule has 0 saturated carbocycles. The highest BCUT2D eigenvalue weighted by Crippen LogP contribution is 2.24. The van der Waals surface area contributed by atoms with Crippen LogP contribution < -0.4 is 0 Å². The monoisotopic (exact) mass is 268 g/mol. The molecule has 0 bridgehead atoms. The maximum absolute atomic E-state index is 10.9. The lowest BCUT2D eigenvalue weighted by atomic mass is 10.2. The van der Waals surface area contributed by atoms with Gasteiger partial charge in [-0.1, -0.05) is 0 Å². The Kier molecular flexibility index (Phi) is 4.05. The number of carboxylic acids is 1. The van der Waals surface area contributed by atoms with Gasteiger partial charge in [-0.15, -0.1) is 0 Å². The third kappa shape index (κ3) is 3.09. The van der Waals surface area contributed by atoms with Crippen LogP contribution in [0.3, 0.4) is 0 Å². The van der Waals surface area contributed by atoms with Gasteiger partial charge in [-0.3, -0.25) is 9.80 Å². The maximum Gasteiger partial charge on any atom is 0.332 e. The Bertz CT molecular complexity index is 331. The fraction of sp³-hybridized carbons (Fsp3) is 0.929. The minimum atomic E-state index is -0.807. The van der Waals surface area contributed by atoms with Gasteiger partial charge < -0.3 is 9.84 Å². The zero-order valence-corrected chi connectivity index (χ0v) is 11.5. The number of carbonyl (C=O) groups is 1. The van der Waals surface area contributed by atoms with Gasteiger partial charge in [0.2, 0.25) is 0 Å². The van der Waals surface area contributed by atoms with Crippen molar-refractivity contribution in [3.05, 3.63) is 0 Å². The van der Waals surface area contributed by atoms with E-state index >= 15 is 0 Å². The second-order valence-corrected chi connectivity index (χ2v) is 6.11. The summed E-state index contributed by atoms with van der Waals surface area (Å²) >= 11 is 0. The van der Waals surface area contributed by atoms with Crippen molar-refractivity contribution in [1.29, 1.82) is 0 Å². The number of rotatable bonds is 4. The SMILES string of the molecule is O=C(O)C1CCC(CN2CCC(N3CCCC3)C2)O1. The van der Waals surface area contributed by atoms with Crippen molar-refractivity contribution in [2.24, 2.45) is 0 Å². The topological polar surface area (TPSA) is 53.0 Å². The van der Waals surface area contributed by atoms with E-state index < -0.39 is 12.1 Å². The van der Waals surface area contributed by atoms with Crippen LogP contribution in [0.25, 0.3) is 0 Å². The Balaban J connectivity index is 1.43. The molecule has 1 N–H and O–H groups in total. The molecule has 3 unspecified atom stereocenters. The molecule has 3 fully saturated rings. The van der Waals surface area contributed by atoms with Crippen molar-refractivity contribution in [3.63, 3.8) is 0 Å². The lowest BCUT2D eigenvalue weighted by molar-refractivity contribution is -0.149. The number of likely N-dealkylation sites (tertiary alicyclic amines) is 2. The van der Waals surface area contributed by atoms with Crippen LogP contribution in [-0.4, -0.2) is 71.8 Å². The standard InChI is InChI=1S/C14H24N2O3/c17-14(18)13-4-3-12(19-13)10-15-8-5-11(9-15)16-6-1-2-7-16/h11-13H,1-10H2,(H,17,18). The summed E-state index contributed by atoms with van der Waals surface area (Å²) < 4.78 is 5.59. The Morgan fingerprint density at radius 1 is 1.16 bits per heavy atom. The van der Waals surface area contributed by atoms with Gasteiger partial charge in [0.1, 0.15) is 0 Å². The van der Waals surface area contributed by atoms with Crippen LogP contribution in [-0.2, 0) is 9.53 Å². The van der Waals surface area contributed by atoms with E-state index in [0.29, 0.717) is 6.42 Å². The van der Waals surface area contributed by atoms with Crippen LogP contribution in [0.5, 0.6) is 0 Å². The number of hydrogen-bond acceptors (Lipinski definition) is 4. The number of carboxylic acid groups (broad SMARTS) is 1. The molecule has 3 atom stereocenters. The molecule has 3 aliphatic heterocycles. The first-order valence-corrected chi connectivity index (χ1v) is 7.57. The van der Waals surface area contributed by atoms with Gasteiger partial charge in [0.05, 0.1) is 6.10 Å². The van der Waals surface area contributed by atoms with Crippen LogP contribution in [0.15, 0.2) is 0 Å². The van der Waals surface area contributed by atoms with E-state index in [1.165, 1.54) is 32.4 Å². The highest BCUT2D eigenvalue weighted by atomic mass is 16.5. The summed E-state index contributed by atoms with van der Waals surface area (Å²) in [5.74, 6) is -0.807. The number of hydrogen-bond donors (Lipinski definition) is 1. The summed E-state index contributed by atoms with van der Waals surface area (Å²) in [6, 6.07) is 0.721. The van der Waals surface area contributed by atoms with E-state index in [-0.39, 0.29) is 6.10 Å². The fourth-order valence-corrected chi connectivity index (χ4v) is 3.69. The Hall–Kier alpha value is -0.650. The highest BCUT2D eigenvalue weighted by Gasteiger charge is 2.34. The summed E-state index contributed by atoms with van der Waals surface area (Å²) in [6.07, 6.45) is 5.08. The second kappa shape index (κ2) is 5.77. The summed E-state index contributed by atoms with van der Waals surface area (Å²) in [6.45, 7) is 5.71. The molecule has 3 saturated heterocycles. The highest BCUT2D eigenvalue weighted by molar-refractivity contribution is 5.72. The molecule has 3 aliphatic rings. The molecule has 0 aromatic carbocycles. The fourth-order valence-electron chi connectivity index (χ4n) is 3.69. The maximum atomic E-state index is 10.9. The molecular weight excluding hydrogens is 244 g/mol. The van der Waals surface area contributed by atoms with Crippen LogP contribution >= 0.6 is 0 Å². The average molecular weight is 268 g/mol. The quantitative estimate of drug-likeness (QED) is 0.817. The number of nitrogens with zero attached hydrogens (tertiary/aromatic N) is 2. The van der Waals surface area contributed by atoms with Gasteiger partial charge >= 0.3 is 5.97 Å². The van der Waals surface area contributed by atoms with Crippen molar-refractivity contribution in [3.8, 4) is 0 Å². The lowest BCUT2D eigenvalue weighted by Crippen LogP contribution is -2.37. The van der Waals surface area contributed by atoms with Crippen LogP contribution in [0.2, 0.25) is 0 Å². The van der Waals surface area contributed by atoms with Gasteiger partial charge in [-0.2, -0.15) is 0 Å². The third-order valence-corrected chi connectivity index (χ3v) is 4.75. The lowest BCUT2D eigenvalue weighted by Gasteiger charge is -2.24. The first kappa shape index (κ1) is 13.3. The smallest absolute Gasteiger partial charge is 0.332 e. The molecular formula is C14H24N2O3. The molecule has 0 aliphatic carbocycles. The van der Waals surface area contributed by atoms with E-state index in [2.05, 4.69) is 9.80 Å². The Morgan fingerprint density at radius 3 is 2.63 bits per heavy atom. The molecule has 0 aromatic heterocycles. The molecule has 5 nitrogen and oxygen atoms in total. The van der Waals surface area contributed by atoms with Crippen molar-refractivity contribution in [2.75, 3.05) is 32.7 Å². The van der Waals surface area contributed by atoms with Crippen molar-refractivity contribution >= 4 is 5.97 Å². The molecule has 0 radical (unpaired) electrons. The molecule has 0 spiro atoms. The van der Waals surface area contributed by atoms with Gasteiger partial charge in [0.25, 0.3) is 0 Å².